The maximum atomic E-state index is 5.59. The molecule has 2 aromatic rings. The number of hydrogen-bond acceptors (Lipinski definition) is 2. The van der Waals surface area contributed by atoms with Gasteiger partial charge in [0, 0.05) is 11.6 Å². The highest BCUT2D eigenvalue weighted by Crippen LogP contribution is 2.49. The number of ether oxygens (including phenoxy) is 1. The van der Waals surface area contributed by atoms with E-state index < -0.39 is 0 Å². The number of rotatable bonds is 4. The monoisotopic (exact) mass is 303 g/mol. The van der Waals surface area contributed by atoms with E-state index in [1.165, 1.54) is 16.8 Å². The average Bonchev–Trinajstić information content (AvgIpc) is 3.10. The van der Waals surface area contributed by atoms with Crippen molar-refractivity contribution >= 4 is 5.69 Å². The van der Waals surface area contributed by atoms with Crippen LogP contribution in [0, 0.1) is 5.92 Å². The fraction of sp³-hybridized carbons (Fsp3) is 0.238. The number of anilines is 1. The third-order valence-corrected chi connectivity index (χ3v) is 4.88. The van der Waals surface area contributed by atoms with Gasteiger partial charge in [-0.15, -0.1) is 0 Å². The molecular formula is C21H21NO. The molecule has 0 aromatic heterocycles. The Morgan fingerprint density at radius 2 is 1.96 bits per heavy atom. The van der Waals surface area contributed by atoms with Gasteiger partial charge in [-0.2, -0.15) is 0 Å². The van der Waals surface area contributed by atoms with Crippen molar-refractivity contribution in [1.29, 1.82) is 0 Å². The molecule has 2 aliphatic rings. The van der Waals surface area contributed by atoms with Crippen molar-refractivity contribution in [3.63, 3.8) is 0 Å². The number of para-hydroxylation sites is 1. The minimum absolute atomic E-state index is 0.346. The molecule has 116 valence electrons. The first-order chi connectivity index (χ1) is 11.4. The van der Waals surface area contributed by atoms with Gasteiger partial charge in [-0.05, 0) is 41.7 Å². The van der Waals surface area contributed by atoms with Crippen LogP contribution in [-0.4, -0.2) is 6.61 Å². The van der Waals surface area contributed by atoms with Gasteiger partial charge < -0.3 is 10.1 Å². The van der Waals surface area contributed by atoms with Gasteiger partial charge in [0.05, 0.1) is 6.04 Å². The molecule has 0 spiro atoms. The lowest BCUT2D eigenvalue weighted by Gasteiger charge is -2.37. The Morgan fingerprint density at radius 3 is 2.78 bits per heavy atom. The van der Waals surface area contributed by atoms with Gasteiger partial charge in [0.2, 0.25) is 0 Å². The second kappa shape index (κ2) is 5.96. The minimum Gasteiger partial charge on any atom is -0.490 e. The molecule has 0 bridgehead atoms. The van der Waals surface area contributed by atoms with E-state index >= 15 is 0 Å². The molecule has 0 saturated heterocycles. The van der Waals surface area contributed by atoms with Crippen LogP contribution in [0.5, 0.6) is 5.75 Å². The van der Waals surface area contributed by atoms with E-state index in [0.717, 1.165) is 12.2 Å². The molecule has 0 fully saturated rings. The lowest BCUT2D eigenvalue weighted by Crippen LogP contribution is -2.28. The van der Waals surface area contributed by atoms with E-state index in [9.17, 15) is 0 Å². The van der Waals surface area contributed by atoms with Crippen LogP contribution >= 0.6 is 0 Å². The summed E-state index contributed by atoms with van der Waals surface area (Å²) in [5.74, 6) is 2.00. The predicted octanol–water partition coefficient (Wildman–Crippen LogP) is 5.08. The van der Waals surface area contributed by atoms with Gasteiger partial charge >= 0.3 is 0 Å². The first-order valence-electron chi connectivity index (χ1n) is 8.22. The van der Waals surface area contributed by atoms with Gasteiger partial charge in [0.15, 0.2) is 0 Å². The summed E-state index contributed by atoms with van der Waals surface area (Å²) >= 11 is 0. The van der Waals surface area contributed by atoms with E-state index in [4.69, 9.17) is 4.74 Å². The molecule has 2 nitrogen and oxygen atoms in total. The number of benzene rings is 2. The summed E-state index contributed by atoms with van der Waals surface area (Å²) in [6, 6.07) is 17.5. The summed E-state index contributed by atoms with van der Waals surface area (Å²) < 4.78 is 5.59. The molecule has 1 heterocycles. The van der Waals surface area contributed by atoms with Crippen LogP contribution < -0.4 is 10.1 Å². The molecule has 3 atom stereocenters. The fourth-order valence-electron chi connectivity index (χ4n) is 3.80. The van der Waals surface area contributed by atoms with Gasteiger partial charge in [-0.1, -0.05) is 55.1 Å². The van der Waals surface area contributed by atoms with Gasteiger partial charge in [-0.25, -0.2) is 0 Å². The number of fused-ring (bicyclic) bond motifs is 3. The van der Waals surface area contributed by atoms with E-state index in [0.29, 0.717) is 24.5 Å². The Morgan fingerprint density at radius 1 is 1.13 bits per heavy atom. The van der Waals surface area contributed by atoms with Gasteiger partial charge in [0.25, 0.3) is 0 Å². The van der Waals surface area contributed by atoms with Gasteiger partial charge in [0.1, 0.15) is 12.4 Å². The van der Waals surface area contributed by atoms with E-state index in [-0.39, 0.29) is 0 Å². The molecule has 2 aromatic carbocycles. The Kier molecular flexibility index (Phi) is 3.66. The van der Waals surface area contributed by atoms with E-state index in [2.05, 4.69) is 72.6 Å². The molecule has 1 aliphatic carbocycles. The zero-order valence-electron chi connectivity index (χ0n) is 13.1. The van der Waals surface area contributed by atoms with Crippen molar-refractivity contribution in [2.45, 2.75) is 18.4 Å². The average molecular weight is 303 g/mol. The first-order valence-corrected chi connectivity index (χ1v) is 8.22. The molecule has 1 N–H and O–H groups in total. The number of nitrogens with one attached hydrogen (secondary N) is 1. The fourth-order valence-corrected chi connectivity index (χ4v) is 3.80. The van der Waals surface area contributed by atoms with Gasteiger partial charge in [-0.3, -0.25) is 0 Å². The van der Waals surface area contributed by atoms with Crippen LogP contribution in [0.3, 0.4) is 0 Å². The topological polar surface area (TPSA) is 21.3 Å². The van der Waals surface area contributed by atoms with Crippen LogP contribution in [0.2, 0.25) is 0 Å². The van der Waals surface area contributed by atoms with Crippen molar-refractivity contribution in [1.82, 2.24) is 0 Å². The summed E-state index contributed by atoms with van der Waals surface area (Å²) in [5.41, 5.74) is 4.01. The smallest absolute Gasteiger partial charge is 0.119 e. The Bertz CT molecular complexity index is 732. The summed E-state index contributed by atoms with van der Waals surface area (Å²) in [4.78, 5) is 0. The standard InChI is InChI=1S/C21H21NO/c1-2-14-23-16-12-10-15(11-13-16)21-19-8-5-7-17(19)18-6-3-4-9-20(18)22-21/h2-7,9-13,17,19,21-22H,1,8,14H2/t17-,19-,21-/m0/s1. The number of hydrogen-bond donors (Lipinski definition) is 1. The van der Waals surface area contributed by atoms with Crippen LogP contribution in [0.25, 0.3) is 0 Å². The Hall–Kier alpha value is -2.48. The summed E-state index contributed by atoms with van der Waals surface area (Å²) in [7, 11) is 0. The molecular weight excluding hydrogens is 282 g/mol. The zero-order chi connectivity index (χ0) is 15.6. The second-order valence-corrected chi connectivity index (χ2v) is 6.23. The van der Waals surface area contributed by atoms with E-state index in [1.807, 2.05) is 0 Å². The number of allylic oxidation sites excluding steroid dienone is 2. The highest BCUT2D eigenvalue weighted by molar-refractivity contribution is 5.59. The lowest BCUT2D eigenvalue weighted by molar-refractivity contribution is 0.362. The maximum absolute atomic E-state index is 5.59. The lowest BCUT2D eigenvalue weighted by atomic mass is 9.77. The molecule has 1 aliphatic heterocycles. The van der Waals surface area contributed by atoms with Crippen molar-refractivity contribution in [3.8, 4) is 5.75 Å². The second-order valence-electron chi connectivity index (χ2n) is 6.23. The Balaban J connectivity index is 1.63. The highest BCUT2D eigenvalue weighted by Gasteiger charge is 2.37. The SMILES string of the molecule is C=CCOc1ccc([C@@H]2Nc3ccccc3[C@@H]3C=CC[C@@H]32)cc1. The van der Waals surface area contributed by atoms with Crippen LogP contribution in [0.1, 0.15) is 29.5 Å². The summed E-state index contributed by atoms with van der Waals surface area (Å²) in [5, 5.41) is 3.75. The van der Waals surface area contributed by atoms with Crippen LogP contribution in [-0.2, 0) is 0 Å². The molecule has 2 heteroatoms. The largest absolute Gasteiger partial charge is 0.490 e. The van der Waals surface area contributed by atoms with Crippen LogP contribution in [0.15, 0.2) is 73.3 Å². The van der Waals surface area contributed by atoms with Crippen molar-refractivity contribution in [3.05, 3.63) is 84.5 Å². The summed E-state index contributed by atoms with van der Waals surface area (Å²) in [6.45, 7) is 4.23. The molecule has 0 saturated carbocycles. The van der Waals surface area contributed by atoms with Crippen molar-refractivity contribution in [2.75, 3.05) is 11.9 Å². The third-order valence-electron chi connectivity index (χ3n) is 4.88. The molecule has 23 heavy (non-hydrogen) atoms. The highest BCUT2D eigenvalue weighted by atomic mass is 16.5. The third kappa shape index (κ3) is 2.55. The molecule has 0 amide bonds. The summed E-state index contributed by atoms with van der Waals surface area (Å²) in [6.07, 6.45) is 7.60. The minimum atomic E-state index is 0.346. The normalized spacial score (nSPS) is 24.4. The van der Waals surface area contributed by atoms with Crippen LogP contribution in [0.4, 0.5) is 5.69 Å². The predicted molar refractivity (Wildman–Crippen MR) is 94.9 cm³/mol. The first kappa shape index (κ1) is 14.1. The molecule has 0 radical (unpaired) electrons. The Labute approximate surface area is 137 Å². The molecule has 4 rings (SSSR count). The van der Waals surface area contributed by atoms with Crippen molar-refractivity contribution in [2.24, 2.45) is 5.92 Å². The quantitative estimate of drug-likeness (QED) is 0.795. The molecule has 0 unspecified atom stereocenters. The maximum Gasteiger partial charge on any atom is 0.119 e. The zero-order valence-corrected chi connectivity index (χ0v) is 13.1. The van der Waals surface area contributed by atoms with E-state index in [1.54, 1.807) is 6.08 Å². The van der Waals surface area contributed by atoms with Crippen molar-refractivity contribution < 1.29 is 4.74 Å².